The molecule has 6 nitrogen and oxygen atoms in total. The predicted octanol–water partition coefficient (Wildman–Crippen LogP) is 2.24. The molecule has 0 aliphatic carbocycles. The third-order valence-electron chi connectivity index (χ3n) is 4.52. The van der Waals surface area contributed by atoms with E-state index in [4.69, 9.17) is 11.6 Å². The first-order chi connectivity index (χ1) is 12.2. The van der Waals surface area contributed by atoms with Crippen molar-refractivity contribution in [2.75, 3.05) is 44.7 Å². The Kier molecular flexibility index (Phi) is 5.81. The number of hydrogen-bond acceptors (Lipinski definition) is 3. The van der Waals surface area contributed by atoms with Crippen LogP contribution in [-0.4, -0.2) is 60.2 Å². The average molecular weight is 361 g/mol. The molecule has 1 aromatic heterocycles. The molecule has 0 radical (unpaired) electrons. The van der Waals surface area contributed by atoms with E-state index in [0.717, 1.165) is 50.3 Å². The quantitative estimate of drug-likeness (QED) is 0.671. The summed E-state index contributed by atoms with van der Waals surface area (Å²) in [5.41, 5.74) is 2.50. The summed E-state index contributed by atoms with van der Waals surface area (Å²) in [5.74, 6) is 0.961. The minimum absolute atomic E-state index is 0.792. The van der Waals surface area contributed by atoms with Gasteiger partial charge in [0.25, 0.3) is 0 Å². The van der Waals surface area contributed by atoms with Crippen LogP contribution in [0, 0.1) is 6.92 Å². The number of guanidine groups is 1. The zero-order valence-electron chi connectivity index (χ0n) is 14.8. The molecule has 1 fully saturated rings. The van der Waals surface area contributed by atoms with E-state index < -0.39 is 0 Å². The number of aryl methyl sites for hydroxylation is 1. The predicted molar refractivity (Wildman–Crippen MR) is 104 cm³/mol. The summed E-state index contributed by atoms with van der Waals surface area (Å²) in [7, 11) is 1.84. The van der Waals surface area contributed by atoms with Crippen molar-refractivity contribution in [3.05, 3.63) is 47.5 Å². The second kappa shape index (κ2) is 8.25. The number of benzene rings is 1. The van der Waals surface area contributed by atoms with Gasteiger partial charge in [0.15, 0.2) is 5.96 Å². The van der Waals surface area contributed by atoms with E-state index in [0.29, 0.717) is 0 Å². The van der Waals surface area contributed by atoms with Crippen LogP contribution in [-0.2, 0) is 6.54 Å². The summed E-state index contributed by atoms with van der Waals surface area (Å²) >= 11 is 6.16. The van der Waals surface area contributed by atoms with Crippen LogP contribution in [0.3, 0.4) is 0 Å². The Morgan fingerprint density at radius 2 is 2.08 bits per heavy atom. The zero-order chi connectivity index (χ0) is 17.6. The van der Waals surface area contributed by atoms with Gasteiger partial charge in [-0.05, 0) is 24.6 Å². The number of halogens is 1. The lowest BCUT2D eigenvalue weighted by molar-refractivity contribution is 0.371. The summed E-state index contributed by atoms with van der Waals surface area (Å²) in [6.07, 6.45) is 5.60. The average Bonchev–Trinajstić information content (AvgIpc) is 3.15. The maximum atomic E-state index is 6.16. The molecule has 2 heterocycles. The van der Waals surface area contributed by atoms with Crippen molar-refractivity contribution in [2.24, 2.45) is 4.99 Å². The van der Waals surface area contributed by atoms with E-state index in [-0.39, 0.29) is 0 Å². The molecule has 1 aliphatic heterocycles. The Balaban J connectivity index is 1.52. The molecule has 0 bridgehead atoms. The van der Waals surface area contributed by atoms with Gasteiger partial charge in [0.1, 0.15) is 0 Å². The second-order valence-electron chi connectivity index (χ2n) is 6.18. The SMILES string of the molecule is CN=C(NCCn1ccnc1)N1CCN(c2cc(Cl)ccc2C)CC1. The van der Waals surface area contributed by atoms with Gasteiger partial charge in [0.2, 0.25) is 0 Å². The number of nitrogens with one attached hydrogen (secondary N) is 1. The maximum absolute atomic E-state index is 6.16. The summed E-state index contributed by atoms with van der Waals surface area (Å²) in [5, 5.41) is 4.23. The number of aliphatic imine (C=N–C) groups is 1. The van der Waals surface area contributed by atoms with Gasteiger partial charge in [-0.2, -0.15) is 0 Å². The van der Waals surface area contributed by atoms with Crippen molar-refractivity contribution in [1.29, 1.82) is 0 Å². The number of aromatic nitrogens is 2. The molecule has 1 saturated heterocycles. The van der Waals surface area contributed by atoms with E-state index >= 15 is 0 Å². The van der Waals surface area contributed by atoms with Gasteiger partial charge in [0.05, 0.1) is 6.33 Å². The monoisotopic (exact) mass is 360 g/mol. The minimum atomic E-state index is 0.792. The molecule has 7 heteroatoms. The van der Waals surface area contributed by atoms with E-state index in [1.807, 2.05) is 25.6 Å². The van der Waals surface area contributed by atoms with Crippen LogP contribution in [0.4, 0.5) is 5.69 Å². The van der Waals surface area contributed by atoms with E-state index in [1.54, 1.807) is 6.20 Å². The lowest BCUT2D eigenvalue weighted by Crippen LogP contribution is -2.53. The molecule has 1 aromatic carbocycles. The number of hydrogen-bond donors (Lipinski definition) is 1. The number of piperazine rings is 1. The van der Waals surface area contributed by atoms with Crippen molar-refractivity contribution >= 4 is 23.2 Å². The van der Waals surface area contributed by atoms with Gasteiger partial charge in [-0.1, -0.05) is 17.7 Å². The molecule has 1 N–H and O–H groups in total. The third-order valence-corrected chi connectivity index (χ3v) is 4.75. The van der Waals surface area contributed by atoms with Gasteiger partial charge in [-0.3, -0.25) is 4.99 Å². The van der Waals surface area contributed by atoms with Crippen molar-refractivity contribution < 1.29 is 0 Å². The fourth-order valence-electron chi connectivity index (χ4n) is 3.13. The molecule has 0 spiro atoms. The smallest absolute Gasteiger partial charge is 0.193 e. The highest BCUT2D eigenvalue weighted by molar-refractivity contribution is 6.30. The van der Waals surface area contributed by atoms with Crippen LogP contribution in [0.2, 0.25) is 5.02 Å². The first-order valence-corrected chi connectivity index (χ1v) is 8.97. The van der Waals surface area contributed by atoms with E-state index in [9.17, 15) is 0 Å². The van der Waals surface area contributed by atoms with Crippen molar-refractivity contribution in [3.63, 3.8) is 0 Å². The molecular formula is C18H25ClN6. The van der Waals surface area contributed by atoms with Crippen LogP contribution in [0.25, 0.3) is 0 Å². The van der Waals surface area contributed by atoms with Gasteiger partial charge in [-0.25, -0.2) is 4.98 Å². The Morgan fingerprint density at radius 3 is 2.76 bits per heavy atom. The molecular weight excluding hydrogens is 336 g/mol. The Morgan fingerprint density at radius 1 is 1.28 bits per heavy atom. The fourth-order valence-corrected chi connectivity index (χ4v) is 3.30. The highest BCUT2D eigenvalue weighted by Crippen LogP contribution is 2.25. The number of anilines is 1. The standard InChI is InChI=1S/C18H25ClN6/c1-15-3-4-16(19)13-17(15)24-9-11-25(12-10-24)18(20-2)22-6-8-23-7-5-21-14-23/h3-5,7,13-14H,6,8-12H2,1-2H3,(H,20,22). The minimum Gasteiger partial charge on any atom is -0.368 e. The van der Waals surface area contributed by atoms with Crippen LogP contribution in [0.1, 0.15) is 5.56 Å². The maximum Gasteiger partial charge on any atom is 0.193 e. The molecule has 25 heavy (non-hydrogen) atoms. The molecule has 0 unspecified atom stereocenters. The van der Waals surface area contributed by atoms with Gasteiger partial charge >= 0.3 is 0 Å². The van der Waals surface area contributed by atoms with Crippen molar-refractivity contribution in [1.82, 2.24) is 19.8 Å². The molecule has 3 rings (SSSR count). The largest absolute Gasteiger partial charge is 0.368 e. The molecule has 0 saturated carbocycles. The fraction of sp³-hybridized carbons (Fsp3) is 0.444. The Bertz CT molecular complexity index is 704. The molecule has 0 amide bonds. The highest BCUT2D eigenvalue weighted by atomic mass is 35.5. The summed E-state index contributed by atoms with van der Waals surface area (Å²) in [6, 6.07) is 6.09. The van der Waals surface area contributed by atoms with Crippen LogP contribution < -0.4 is 10.2 Å². The first-order valence-electron chi connectivity index (χ1n) is 8.60. The number of rotatable bonds is 4. The number of imidazole rings is 1. The van der Waals surface area contributed by atoms with Gasteiger partial charge in [-0.15, -0.1) is 0 Å². The third kappa shape index (κ3) is 4.45. The summed E-state index contributed by atoms with van der Waals surface area (Å²) in [4.78, 5) is 13.2. The van der Waals surface area contributed by atoms with Crippen LogP contribution in [0.15, 0.2) is 41.9 Å². The Hall–Kier alpha value is -2.21. The molecule has 0 atom stereocenters. The van der Waals surface area contributed by atoms with Crippen molar-refractivity contribution in [3.8, 4) is 0 Å². The van der Waals surface area contributed by atoms with Gasteiger partial charge in [0, 0.05) is 69.4 Å². The second-order valence-corrected chi connectivity index (χ2v) is 6.62. The topological polar surface area (TPSA) is 48.7 Å². The molecule has 134 valence electrons. The van der Waals surface area contributed by atoms with Crippen LogP contribution in [0.5, 0.6) is 0 Å². The first kappa shape index (κ1) is 17.6. The lowest BCUT2D eigenvalue weighted by Gasteiger charge is -2.38. The molecule has 1 aliphatic rings. The highest BCUT2D eigenvalue weighted by Gasteiger charge is 2.20. The van der Waals surface area contributed by atoms with Crippen molar-refractivity contribution in [2.45, 2.75) is 13.5 Å². The Labute approximate surface area is 154 Å². The molecule has 2 aromatic rings. The summed E-state index contributed by atoms with van der Waals surface area (Å²) in [6.45, 7) is 7.65. The van der Waals surface area contributed by atoms with E-state index in [1.165, 1.54) is 11.3 Å². The zero-order valence-corrected chi connectivity index (χ0v) is 15.6. The normalized spacial score (nSPS) is 15.6. The lowest BCUT2D eigenvalue weighted by atomic mass is 10.1. The van der Waals surface area contributed by atoms with Crippen LogP contribution >= 0.6 is 11.6 Å². The number of nitrogens with zero attached hydrogens (tertiary/aromatic N) is 5. The summed E-state index contributed by atoms with van der Waals surface area (Å²) < 4.78 is 2.06. The van der Waals surface area contributed by atoms with Gasteiger partial charge < -0.3 is 19.7 Å². The van der Waals surface area contributed by atoms with E-state index in [2.05, 4.69) is 48.7 Å².